The molecular formula is C17H22O2. The van der Waals surface area contributed by atoms with E-state index in [9.17, 15) is 9.59 Å². The molecule has 0 atom stereocenters. The van der Waals surface area contributed by atoms with E-state index in [1.54, 1.807) is 19.1 Å². The van der Waals surface area contributed by atoms with Crippen LogP contribution in [0.15, 0.2) is 42.0 Å². The summed E-state index contributed by atoms with van der Waals surface area (Å²) in [6.45, 7) is 3.85. The smallest absolute Gasteiger partial charge is 0.188 e. The van der Waals surface area contributed by atoms with E-state index >= 15 is 0 Å². The van der Waals surface area contributed by atoms with Crippen LogP contribution in [0.25, 0.3) is 0 Å². The van der Waals surface area contributed by atoms with Crippen LogP contribution < -0.4 is 0 Å². The van der Waals surface area contributed by atoms with Crippen molar-refractivity contribution < 1.29 is 9.59 Å². The molecule has 0 aromatic heterocycles. The van der Waals surface area contributed by atoms with Crippen LogP contribution in [0, 0.1) is 0 Å². The molecular weight excluding hydrogens is 236 g/mol. The number of rotatable bonds is 8. The van der Waals surface area contributed by atoms with Gasteiger partial charge in [0.2, 0.25) is 0 Å². The van der Waals surface area contributed by atoms with Gasteiger partial charge >= 0.3 is 0 Å². The normalized spacial score (nSPS) is 11.4. The van der Waals surface area contributed by atoms with Gasteiger partial charge in [-0.2, -0.15) is 0 Å². The quantitative estimate of drug-likeness (QED) is 0.394. The van der Waals surface area contributed by atoms with Crippen molar-refractivity contribution >= 4 is 11.6 Å². The minimum atomic E-state index is -0.0671. The van der Waals surface area contributed by atoms with Gasteiger partial charge in [-0.3, -0.25) is 9.59 Å². The number of carbonyl (C=O) groups excluding carboxylic acids is 2. The van der Waals surface area contributed by atoms with Gasteiger partial charge in [0.15, 0.2) is 11.6 Å². The highest BCUT2D eigenvalue weighted by Crippen LogP contribution is 2.09. The Kier molecular flexibility index (Phi) is 6.80. The van der Waals surface area contributed by atoms with E-state index in [4.69, 9.17) is 0 Å². The minimum Gasteiger partial charge on any atom is -0.295 e. The Morgan fingerprint density at radius 1 is 1.05 bits per heavy atom. The van der Waals surface area contributed by atoms with Gasteiger partial charge in [0.1, 0.15) is 0 Å². The van der Waals surface area contributed by atoms with E-state index in [0.717, 1.165) is 19.3 Å². The molecule has 2 nitrogen and oxygen atoms in total. The van der Waals surface area contributed by atoms with Crippen LogP contribution in [-0.4, -0.2) is 11.6 Å². The third kappa shape index (κ3) is 5.64. The van der Waals surface area contributed by atoms with E-state index in [-0.39, 0.29) is 11.6 Å². The van der Waals surface area contributed by atoms with Crippen LogP contribution in [0.5, 0.6) is 0 Å². The number of unbranched alkanes of at least 4 members (excludes halogenated alkanes) is 3. The summed E-state index contributed by atoms with van der Waals surface area (Å²) in [5, 5.41) is 0. The standard InChI is InChI=1S/C17H22O2/c1-3-4-5-9-12-16(18)13-14(2)17(19)15-10-7-6-8-11-15/h6-8,10-11,13H,3-5,9,12H2,1-2H3/b14-13+. The van der Waals surface area contributed by atoms with Gasteiger partial charge < -0.3 is 0 Å². The molecule has 0 radical (unpaired) electrons. The average Bonchev–Trinajstić information content (AvgIpc) is 2.43. The zero-order valence-electron chi connectivity index (χ0n) is 11.8. The Bertz CT molecular complexity index is 444. The summed E-state index contributed by atoms with van der Waals surface area (Å²) in [4.78, 5) is 23.8. The Balaban J connectivity index is 2.52. The molecule has 0 unspecified atom stereocenters. The summed E-state index contributed by atoms with van der Waals surface area (Å²) < 4.78 is 0. The fraction of sp³-hybridized carbons (Fsp3) is 0.412. The predicted octanol–water partition coefficient (Wildman–Crippen LogP) is 4.36. The number of carbonyl (C=O) groups is 2. The molecule has 0 N–H and O–H groups in total. The molecule has 0 aliphatic rings. The van der Waals surface area contributed by atoms with Gasteiger partial charge in [-0.25, -0.2) is 0 Å². The van der Waals surface area contributed by atoms with Crippen molar-refractivity contribution in [2.45, 2.75) is 46.0 Å². The summed E-state index contributed by atoms with van der Waals surface area (Å²) >= 11 is 0. The molecule has 0 aliphatic carbocycles. The van der Waals surface area contributed by atoms with Gasteiger partial charge in [0, 0.05) is 17.6 Å². The second-order valence-electron chi connectivity index (χ2n) is 4.80. The predicted molar refractivity (Wildman–Crippen MR) is 78.3 cm³/mol. The highest BCUT2D eigenvalue weighted by Gasteiger charge is 2.08. The van der Waals surface area contributed by atoms with Gasteiger partial charge in [-0.05, 0) is 19.4 Å². The second kappa shape index (κ2) is 8.41. The zero-order chi connectivity index (χ0) is 14.1. The summed E-state index contributed by atoms with van der Waals surface area (Å²) in [6.07, 6.45) is 6.35. The summed E-state index contributed by atoms with van der Waals surface area (Å²) in [6, 6.07) is 9.06. The second-order valence-corrected chi connectivity index (χ2v) is 4.80. The molecule has 0 saturated heterocycles. The lowest BCUT2D eigenvalue weighted by atomic mass is 10.0. The fourth-order valence-electron chi connectivity index (χ4n) is 1.92. The molecule has 0 fully saturated rings. The van der Waals surface area contributed by atoms with Crippen LogP contribution in [0.4, 0.5) is 0 Å². The highest BCUT2D eigenvalue weighted by molar-refractivity contribution is 6.11. The first-order chi connectivity index (χ1) is 9.15. The number of hydrogen-bond acceptors (Lipinski definition) is 2. The molecule has 0 amide bonds. The minimum absolute atomic E-state index is 0.0536. The summed E-state index contributed by atoms with van der Waals surface area (Å²) in [5.41, 5.74) is 1.15. The first-order valence-electron chi connectivity index (χ1n) is 6.96. The first kappa shape index (κ1) is 15.4. The van der Waals surface area contributed by atoms with Crippen molar-refractivity contribution in [3.63, 3.8) is 0 Å². The Morgan fingerprint density at radius 3 is 2.37 bits per heavy atom. The van der Waals surface area contributed by atoms with Crippen LogP contribution in [0.2, 0.25) is 0 Å². The van der Waals surface area contributed by atoms with E-state index in [1.165, 1.54) is 12.5 Å². The van der Waals surface area contributed by atoms with Crippen molar-refractivity contribution in [1.29, 1.82) is 0 Å². The van der Waals surface area contributed by atoms with E-state index < -0.39 is 0 Å². The molecule has 0 saturated carbocycles. The molecule has 1 aromatic rings. The average molecular weight is 258 g/mol. The topological polar surface area (TPSA) is 34.1 Å². The van der Waals surface area contributed by atoms with Gasteiger partial charge in [0.05, 0.1) is 0 Å². The molecule has 0 spiro atoms. The van der Waals surface area contributed by atoms with Gasteiger partial charge in [-0.15, -0.1) is 0 Å². The van der Waals surface area contributed by atoms with Crippen LogP contribution >= 0.6 is 0 Å². The first-order valence-corrected chi connectivity index (χ1v) is 6.96. The zero-order valence-corrected chi connectivity index (χ0v) is 11.8. The van der Waals surface area contributed by atoms with Crippen molar-refractivity contribution in [2.24, 2.45) is 0 Å². The molecule has 19 heavy (non-hydrogen) atoms. The van der Waals surface area contributed by atoms with Crippen molar-refractivity contribution in [1.82, 2.24) is 0 Å². The Morgan fingerprint density at radius 2 is 1.74 bits per heavy atom. The van der Waals surface area contributed by atoms with Crippen molar-refractivity contribution in [3.05, 3.63) is 47.5 Å². The van der Waals surface area contributed by atoms with Crippen molar-refractivity contribution in [2.75, 3.05) is 0 Å². The largest absolute Gasteiger partial charge is 0.295 e. The molecule has 1 rings (SSSR count). The van der Waals surface area contributed by atoms with E-state index in [2.05, 4.69) is 6.92 Å². The molecule has 0 heterocycles. The number of Topliss-reactive ketones (excluding diaryl/α,β-unsaturated/α-hetero) is 1. The lowest BCUT2D eigenvalue weighted by Gasteiger charge is -2.01. The third-order valence-electron chi connectivity index (χ3n) is 3.05. The highest BCUT2D eigenvalue weighted by atomic mass is 16.1. The third-order valence-corrected chi connectivity index (χ3v) is 3.05. The van der Waals surface area contributed by atoms with Crippen LogP contribution in [0.3, 0.4) is 0 Å². The maximum Gasteiger partial charge on any atom is 0.188 e. The number of hydrogen-bond donors (Lipinski definition) is 0. The molecule has 0 aliphatic heterocycles. The Labute approximate surface area is 115 Å². The van der Waals surface area contributed by atoms with Crippen LogP contribution in [0.1, 0.15) is 56.3 Å². The van der Waals surface area contributed by atoms with E-state index in [0.29, 0.717) is 17.6 Å². The maximum atomic E-state index is 12.0. The molecule has 0 bridgehead atoms. The molecule has 2 heteroatoms. The summed E-state index contributed by atoms with van der Waals surface area (Å²) in [7, 11) is 0. The Hall–Kier alpha value is -1.70. The number of ketones is 2. The lowest BCUT2D eigenvalue weighted by molar-refractivity contribution is -0.114. The molecule has 1 aromatic carbocycles. The van der Waals surface area contributed by atoms with Crippen LogP contribution in [-0.2, 0) is 4.79 Å². The fourth-order valence-corrected chi connectivity index (χ4v) is 1.92. The maximum absolute atomic E-state index is 12.0. The van der Waals surface area contributed by atoms with Gasteiger partial charge in [-0.1, -0.05) is 56.5 Å². The van der Waals surface area contributed by atoms with E-state index in [1.807, 2.05) is 18.2 Å². The SMILES string of the molecule is CCCCCCC(=O)/C=C(\C)C(=O)c1ccccc1. The van der Waals surface area contributed by atoms with Gasteiger partial charge in [0.25, 0.3) is 0 Å². The number of allylic oxidation sites excluding steroid dienone is 2. The monoisotopic (exact) mass is 258 g/mol. The van der Waals surface area contributed by atoms with Crippen molar-refractivity contribution in [3.8, 4) is 0 Å². The molecule has 102 valence electrons. The lowest BCUT2D eigenvalue weighted by Crippen LogP contribution is -2.03. The number of benzene rings is 1. The summed E-state index contributed by atoms with van der Waals surface area (Å²) in [5.74, 6) is -0.0135.